The number of hydrogen-bond donors (Lipinski definition) is 1. The molecular formula is C19H18Cl2N6O. The summed E-state index contributed by atoms with van der Waals surface area (Å²) in [6, 6.07) is 6.76. The summed E-state index contributed by atoms with van der Waals surface area (Å²) in [6.45, 7) is 4.46. The minimum absolute atomic E-state index is 0.0447. The van der Waals surface area contributed by atoms with Gasteiger partial charge < -0.3 is 10.2 Å². The van der Waals surface area contributed by atoms with Gasteiger partial charge in [-0.05, 0) is 44.5 Å². The van der Waals surface area contributed by atoms with E-state index in [1.807, 2.05) is 19.9 Å². The van der Waals surface area contributed by atoms with Crippen LogP contribution in [-0.4, -0.2) is 38.2 Å². The van der Waals surface area contributed by atoms with Crippen LogP contribution in [0.4, 0.5) is 11.5 Å². The highest BCUT2D eigenvalue weighted by atomic mass is 35.5. The topological polar surface area (TPSA) is 75.9 Å². The Kier molecular flexibility index (Phi) is 4.95. The Balaban J connectivity index is 1.52. The lowest BCUT2D eigenvalue weighted by molar-refractivity contribution is -0.117. The highest BCUT2D eigenvalue weighted by Gasteiger charge is 2.33. The van der Waals surface area contributed by atoms with Crippen LogP contribution in [0.15, 0.2) is 36.7 Å². The summed E-state index contributed by atoms with van der Waals surface area (Å²) in [6.07, 6.45) is 3.89. The largest absolute Gasteiger partial charge is 0.357 e. The highest BCUT2D eigenvalue weighted by molar-refractivity contribution is 6.42. The molecule has 4 rings (SSSR count). The third-order valence-electron chi connectivity index (χ3n) is 4.59. The number of hydrogen-bond acceptors (Lipinski definition) is 5. The van der Waals surface area contributed by atoms with Gasteiger partial charge in [-0.25, -0.2) is 9.67 Å². The predicted octanol–water partition coefficient (Wildman–Crippen LogP) is 3.80. The van der Waals surface area contributed by atoms with Crippen LogP contribution in [0.1, 0.15) is 17.8 Å². The molecular weight excluding hydrogens is 399 g/mol. The Bertz CT molecular complexity index is 1050. The Labute approximate surface area is 172 Å². The minimum atomic E-state index is -0.389. The van der Waals surface area contributed by atoms with Gasteiger partial charge in [0.2, 0.25) is 5.91 Å². The van der Waals surface area contributed by atoms with Crippen LogP contribution >= 0.6 is 23.2 Å². The molecule has 0 radical (unpaired) electrons. The van der Waals surface area contributed by atoms with Crippen molar-refractivity contribution in [1.82, 2.24) is 19.7 Å². The second-order valence-corrected chi connectivity index (χ2v) is 7.49. The number of carbonyl (C=O) groups is 1. The number of nitrogens with zero attached hydrogens (tertiary/aromatic N) is 5. The first kappa shape index (κ1) is 18.7. The number of nitrogens with one attached hydrogen (secondary N) is 1. The van der Waals surface area contributed by atoms with Crippen molar-refractivity contribution in [3.63, 3.8) is 0 Å². The van der Waals surface area contributed by atoms with Crippen LogP contribution in [0.25, 0.3) is 5.82 Å². The molecule has 1 unspecified atom stereocenters. The van der Waals surface area contributed by atoms with E-state index < -0.39 is 0 Å². The number of aryl methyl sites for hydroxylation is 2. The fourth-order valence-corrected chi connectivity index (χ4v) is 3.58. The number of rotatable bonds is 4. The molecule has 9 heteroatoms. The molecule has 0 spiro atoms. The zero-order valence-electron chi connectivity index (χ0n) is 15.4. The molecule has 1 fully saturated rings. The molecule has 3 aromatic rings. The average Bonchev–Trinajstić information content (AvgIpc) is 3.20. The Hall–Kier alpha value is -2.64. The van der Waals surface area contributed by atoms with E-state index in [9.17, 15) is 4.79 Å². The van der Waals surface area contributed by atoms with Crippen molar-refractivity contribution in [3.8, 4) is 5.82 Å². The molecule has 3 heterocycles. The molecule has 1 aliphatic heterocycles. The third kappa shape index (κ3) is 3.55. The second-order valence-electron chi connectivity index (χ2n) is 6.68. The standard InChI is InChI=1S/C19H18Cl2N6O/c1-11-7-12(2)27(25-11)18-10-22-9-17(24-18)23-16-5-6-26(19(16)28)13-3-4-14(20)15(21)8-13/h3-4,7-10,16H,5-6H2,1-2H3,(H,23,24). The lowest BCUT2D eigenvalue weighted by Gasteiger charge is -2.18. The van der Waals surface area contributed by atoms with E-state index in [4.69, 9.17) is 23.2 Å². The second kappa shape index (κ2) is 7.41. The number of aromatic nitrogens is 4. The molecule has 1 amide bonds. The maximum atomic E-state index is 12.8. The van der Waals surface area contributed by atoms with Gasteiger partial charge in [0.25, 0.3) is 0 Å². The van der Waals surface area contributed by atoms with Gasteiger partial charge in [-0.1, -0.05) is 23.2 Å². The van der Waals surface area contributed by atoms with Gasteiger partial charge in [0.15, 0.2) is 5.82 Å². The lowest BCUT2D eigenvalue weighted by Crippen LogP contribution is -2.33. The smallest absolute Gasteiger partial charge is 0.249 e. The van der Waals surface area contributed by atoms with Crippen LogP contribution in [0.2, 0.25) is 10.0 Å². The van der Waals surface area contributed by atoms with Gasteiger partial charge in [0.05, 0.1) is 28.1 Å². The molecule has 0 aliphatic carbocycles. The molecule has 1 N–H and O–H groups in total. The van der Waals surface area contributed by atoms with Crippen LogP contribution in [0, 0.1) is 13.8 Å². The Morgan fingerprint density at radius 2 is 1.96 bits per heavy atom. The number of anilines is 2. The summed E-state index contributed by atoms with van der Waals surface area (Å²) in [5.41, 5.74) is 2.60. The molecule has 0 saturated carbocycles. The van der Waals surface area contributed by atoms with Crippen LogP contribution in [0.3, 0.4) is 0 Å². The molecule has 2 aromatic heterocycles. The molecule has 1 saturated heterocycles. The van der Waals surface area contributed by atoms with E-state index in [1.54, 1.807) is 40.2 Å². The van der Waals surface area contributed by atoms with E-state index in [1.165, 1.54) is 0 Å². The summed E-state index contributed by atoms with van der Waals surface area (Å²) in [4.78, 5) is 23.3. The van der Waals surface area contributed by atoms with Gasteiger partial charge in [0, 0.05) is 17.9 Å². The number of benzene rings is 1. The molecule has 7 nitrogen and oxygen atoms in total. The highest BCUT2D eigenvalue weighted by Crippen LogP contribution is 2.30. The van der Waals surface area contributed by atoms with Crippen molar-refractivity contribution in [2.24, 2.45) is 0 Å². The Morgan fingerprint density at radius 1 is 1.14 bits per heavy atom. The molecule has 1 aromatic carbocycles. The zero-order chi connectivity index (χ0) is 19.8. The van der Waals surface area contributed by atoms with E-state index in [0.717, 1.165) is 17.1 Å². The molecule has 28 heavy (non-hydrogen) atoms. The predicted molar refractivity (Wildman–Crippen MR) is 109 cm³/mol. The van der Waals surface area contributed by atoms with Gasteiger partial charge in [-0.3, -0.25) is 9.78 Å². The first-order chi connectivity index (χ1) is 13.4. The van der Waals surface area contributed by atoms with Crippen molar-refractivity contribution in [2.75, 3.05) is 16.8 Å². The van der Waals surface area contributed by atoms with Crippen molar-refractivity contribution < 1.29 is 4.79 Å². The van der Waals surface area contributed by atoms with E-state index in [0.29, 0.717) is 34.6 Å². The first-order valence-corrected chi connectivity index (χ1v) is 9.56. The van der Waals surface area contributed by atoms with E-state index >= 15 is 0 Å². The lowest BCUT2D eigenvalue weighted by atomic mass is 10.2. The van der Waals surface area contributed by atoms with E-state index in [2.05, 4.69) is 20.4 Å². The van der Waals surface area contributed by atoms with Gasteiger partial charge in [-0.15, -0.1) is 0 Å². The van der Waals surface area contributed by atoms with Crippen LogP contribution in [0.5, 0.6) is 0 Å². The summed E-state index contributed by atoms with van der Waals surface area (Å²) in [7, 11) is 0. The van der Waals surface area contributed by atoms with Crippen molar-refractivity contribution in [3.05, 3.63) is 58.1 Å². The SMILES string of the molecule is Cc1cc(C)n(-c2cncc(NC3CCN(c4ccc(Cl)c(Cl)c4)C3=O)n2)n1. The summed E-state index contributed by atoms with van der Waals surface area (Å²) in [5.74, 6) is 1.08. The van der Waals surface area contributed by atoms with Gasteiger partial charge in [-0.2, -0.15) is 5.10 Å². The van der Waals surface area contributed by atoms with Crippen molar-refractivity contribution in [1.29, 1.82) is 0 Å². The normalized spacial score (nSPS) is 16.6. The molecule has 1 atom stereocenters. The minimum Gasteiger partial charge on any atom is -0.357 e. The molecule has 0 bridgehead atoms. The molecule has 1 aliphatic rings. The summed E-state index contributed by atoms with van der Waals surface area (Å²) >= 11 is 12.1. The fourth-order valence-electron chi connectivity index (χ4n) is 3.29. The third-order valence-corrected chi connectivity index (χ3v) is 5.33. The summed E-state index contributed by atoms with van der Waals surface area (Å²) in [5, 5.41) is 8.50. The maximum absolute atomic E-state index is 12.8. The van der Waals surface area contributed by atoms with Gasteiger partial charge in [0.1, 0.15) is 11.9 Å². The number of carbonyl (C=O) groups excluding carboxylic acids is 1. The van der Waals surface area contributed by atoms with E-state index in [-0.39, 0.29) is 11.9 Å². The monoisotopic (exact) mass is 416 g/mol. The number of amides is 1. The Morgan fingerprint density at radius 3 is 2.68 bits per heavy atom. The fraction of sp³-hybridized carbons (Fsp3) is 0.263. The van der Waals surface area contributed by atoms with Gasteiger partial charge >= 0.3 is 0 Å². The maximum Gasteiger partial charge on any atom is 0.249 e. The van der Waals surface area contributed by atoms with Crippen molar-refractivity contribution >= 4 is 40.6 Å². The van der Waals surface area contributed by atoms with Crippen molar-refractivity contribution in [2.45, 2.75) is 26.3 Å². The first-order valence-electron chi connectivity index (χ1n) is 8.81. The number of halogens is 2. The molecule has 144 valence electrons. The summed E-state index contributed by atoms with van der Waals surface area (Å²) < 4.78 is 1.73. The average molecular weight is 417 g/mol. The van der Waals surface area contributed by atoms with Crippen LogP contribution in [-0.2, 0) is 4.79 Å². The quantitative estimate of drug-likeness (QED) is 0.699. The van der Waals surface area contributed by atoms with Crippen LogP contribution < -0.4 is 10.2 Å². The zero-order valence-corrected chi connectivity index (χ0v) is 16.9.